The van der Waals surface area contributed by atoms with Crippen molar-refractivity contribution < 1.29 is 23.4 Å². The highest BCUT2D eigenvalue weighted by molar-refractivity contribution is 7.80. The number of hydrogen-bond donors (Lipinski definition) is 2. The van der Waals surface area contributed by atoms with Crippen LogP contribution in [-0.2, 0) is 11.3 Å². The molecular weight excluding hydrogens is 457 g/mol. The van der Waals surface area contributed by atoms with Gasteiger partial charge in [-0.05, 0) is 61.5 Å². The summed E-state index contributed by atoms with van der Waals surface area (Å²) in [5, 5.41) is 6.88. The minimum atomic E-state index is -0.366. The summed E-state index contributed by atoms with van der Waals surface area (Å²) in [7, 11) is 4.69. The van der Waals surface area contributed by atoms with E-state index in [1.54, 1.807) is 33.5 Å². The lowest BCUT2D eigenvalue weighted by molar-refractivity contribution is -0.125. The van der Waals surface area contributed by atoms with Crippen molar-refractivity contribution in [2.24, 2.45) is 5.92 Å². The van der Waals surface area contributed by atoms with E-state index < -0.39 is 0 Å². The largest absolute Gasteiger partial charge is 0.493 e. The van der Waals surface area contributed by atoms with Gasteiger partial charge in [-0.25, -0.2) is 4.39 Å². The van der Waals surface area contributed by atoms with Gasteiger partial charge in [-0.15, -0.1) is 0 Å². The fraction of sp³-hybridized carbons (Fsp3) is 0.440. The van der Waals surface area contributed by atoms with Crippen molar-refractivity contribution in [1.29, 1.82) is 0 Å². The molecule has 2 aromatic rings. The minimum Gasteiger partial charge on any atom is -0.493 e. The molecule has 0 saturated carbocycles. The van der Waals surface area contributed by atoms with Crippen LogP contribution in [0.4, 0.5) is 4.39 Å². The van der Waals surface area contributed by atoms with Gasteiger partial charge in [0, 0.05) is 31.6 Å². The lowest BCUT2D eigenvalue weighted by Crippen LogP contribution is -2.42. The van der Waals surface area contributed by atoms with Gasteiger partial charge in [0.2, 0.25) is 11.7 Å². The van der Waals surface area contributed by atoms with E-state index in [9.17, 15) is 9.18 Å². The Morgan fingerprint density at radius 2 is 1.71 bits per heavy atom. The first kappa shape index (κ1) is 25.6. The zero-order valence-electron chi connectivity index (χ0n) is 20.2. The van der Waals surface area contributed by atoms with Crippen LogP contribution in [0.2, 0.25) is 0 Å². The fourth-order valence-electron chi connectivity index (χ4n) is 4.15. The van der Waals surface area contributed by atoms with Crippen LogP contribution < -0.4 is 24.8 Å². The number of halogens is 1. The highest BCUT2D eigenvalue weighted by Crippen LogP contribution is 2.43. The third-order valence-corrected chi connectivity index (χ3v) is 6.23. The molecule has 1 aliphatic heterocycles. The summed E-state index contributed by atoms with van der Waals surface area (Å²) < 4.78 is 29.7. The van der Waals surface area contributed by atoms with Gasteiger partial charge in [-0.3, -0.25) is 4.79 Å². The second-order valence-electron chi connectivity index (χ2n) is 8.53. The first-order valence-electron chi connectivity index (χ1n) is 11.1. The maximum atomic E-state index is 13.3. The number of rotatable bonds is 8. The van der Waals surface area contributed by atoms with Gasteiger partial charge >= 0.3 is 0 Å². The lowest BCUT2D eigenvalue weighted by Gasteiger charge is -2.22. The Balaban J connectivity index is 1.89. The Kier molecular flexibility index (Phi) is 8.55. The Morgan fingerprint density at radius 1 is 1.09 bits per heavy atom. The first-order chi connectivity index (χ1) is 16.3. The van der Waals surface area contributed by atoms with Gasteiger partial charge in [0.25, 0.3) is 0 Å². The molecule has 2 N–H and O–H groups in total. The van der Waals surface area contributed by atoms with Crippen LogP contribution in [-0.4, -0.2) is 56.4 Å². The van der Waals surface area contributed by atoms with E-state index >= 15 is 0 Å². The molecule has 1 fully saturated rings. The zero-order chi connectivity index (χ0) is 24.8. The summed E-state index contributed by atoms with van der Waals surface area (Å²) in [5.74, 6) is 0.627. The van der Waals surface area contributed by atoms with E-state index in [1.165, 1.54) is 12.1 Å². The first-order valence-corrected chi connectivity index (χ1v) is 11.6. The predicted octanol–water partition coefficient (Wildman–Crippen LogP) is 3.47. The molecule has 1 saturated heterocycles. The van der Waals surface area contributed by atoms with Crippen molar-refractivity contribution >= 4 is 23.2 Å². The number of hydrogen-bond acceptors (Lipinski definition) is 5. The predicted molar refractivity (Wildman–Crippen MR) is 133 cm³/mol. The number of ether oxygens (including phenoxy) is 3. The van der Waals surface area contributed by atoms with Crippen molar-refractivity contribution in [3.63, 3.8) is 0 Å². The van der Waals surface area contributed by atoms with Crippen molar-refractivity contribution in [2.45, 2.75) is 32.4 Å². The van der Waals surface area contributed by atoms with Crippen LogP contribution in [0.15, 0.2) is 36.4 Å². The van der Waals surface area contributed by atoms with E-state index in [0.29, 0.717) is 42.0 Å². The average Bonchev–Trinajstić information content (AvgIpc) is 3.28. The molecule has 0 bridgehead atoms. The Morgan fingerprint density at radius 3 is 2.24 bits per heavy atom. The molecule has 1 amide bonds. The number of nitrogens with zero attached hydrogens (tertiary/aromatic N) is 1. The van der Waals surface area contributed by atoms with Crippen LogP contribution in [0.25, 0.3) is 0 Å². The highest BCUT2D eigenvalue weighted by atomic mass is 32.1. The number of amides is 1. The Bertz CT molecular complexity index is 991. The zero-order valence-corrected chi connectivity index (χ0v) is 21.0. The summed E-state index contributed by atoms with van der Waals surface area (Å²) in [6, 6.07) is 10.0. The maximum absolute atomic E-state index is 13.3. The van der Waals surface area contributed by atoms with Gasteiger partial charge in [-0.1, -0.05) is 12.1 Å². The third kappa shape index (κ3) is 5.88. The molecule has 0 aromatic heterocycles. The smallest absolute Gasteiger partial charge is 0.225 e. The third-order valence-electron chi connectivity index (χ3n) is 5.85. The number of methoxy groups -OCH3 is 3. The normalized spacial score (nSPS) is 17.4. The van der Waals surface area contributed by atoms with Crippen molar-refractivity contribution in [2.75, 3.05) is 34.4 Å². The maximum Gasteiger partial charge on any atom is 0.225 e. The molecule has 0 unspecified atom stereocenters. The molecule has 0 radical (unpaired) electrons. The Labute approximate surface area is 205 Å². The highest BCUT2D eigenvalue weighted by Gasteiger charge is 2.40. The molecule has 0 aliphatic carbocycles. The molecule has 1 heterocycles. The van der Waals surface area contributed by atoms with Gasteiger partial charge < -0.3 is 29.7 Å². The second-order valence-corrected chi connectivity index (χ2v) is 8.91. The monoisotopic (exact) mass is 489 g/mol. The van der Waals surface area contributed by atoms with E-state index in [2.05, 4.69) is 10.6 Å². The topological polar surface area (TPSA) is 72.1 Å². The number of carbonyl (C=O) groups is 1. The number of likely N-dealkylation sites (tertiary alicyclic amines) is 1. The SMILES string of the molecule is COc1cc([C@H]2CN(C(=S)NC(C)C)C[C@H]2C(=O)NCc2ccc(F)cc2)cc(OC)c1OC. The summed E-state index contributed by atoms with van der Waals surface area (Å²) >= 11 is 5.60. The molecule has 9 heteroatoms. The van der Waals surface area contributed by atoms with Crippen LogP contribution in [0.3, 0.4) is 0 Å². The van der Waals surface area contributed by atoms with Crippen LogP contribution in [0, 0.1) is 11.7 Å². The molecule has 34 heavy (non-hydrogen) atoms. The van der Waals surface area contributed by atoms with Crippen LogP contribution in [0.5, 0.6) is 17.2 Å². The van der Waals surface area contributed by atoms with Crippen molar-refractivity contribution in [1.82, 2.24) is 15.5 Å². The van der Waals surface area contributed by atoms with Crippen molar-refractivity contribution in [3.05, 3.63) is 53.3 Å². The fourth-order valence-corrected chi connectivity index (χ4v) is 4.53. The quantitative estimate of drug-likeness (QED) is 0.550. The Hall–Kier alpha value is -3.07. The van der Waals surface area contributed by atoms with E-state index in [0.717, 1.165) is 11.1 Å². The van der Waals surface area contributed by atoms with Crippen LogP contribution >= 0.6 is 12.2 Å². The minimum absolute atomic E-state index is 0.0991. The molecule has 2 aromatic carbocycles. The van der Waals surface area contributed by atoms with E-state index in [1.807, 2.05) is 30.9 Å². The second kappa shape index (κ2) is 11.4. The van der Waals surface area contributed by atoms with Crippen LogP contribution in [0.1, 0.15) is 30.9 Å². The number of carbonyl (C=O) groups excluding carboxylic acids is 1. The molecule has 2 atom stereocenters. The van der Waals surface area contributed by atoms with Gasteiger partial charge in [0.05, 0.1) is 27.2 Å². The standard InChI is InChI=1S/C25H32FN3O4S/c1-15(2)28-25(34)29-13-19(17-10-21(31-3)23(33-5)22(11-17)32-4)20(14-29)24(30)27-12-16-6-8-18(26)9-7-16/h6-11,15,19-20H,12-14H2,1-5H3,(H,27,30)(H,28,34)/t19-,20-/m1/s1. The summed E-state index contributed by atoms with van der Waals surface area (Å²) in [5.41, 5.74) is 1.72. The van der Waals surface area contributed by atoms with E-state index in [4.69, 9.17) is 26.4 Å². The molecule has 0 spiro atoms. The summed E-state index contributed by atoms with van der Waals surface area (Å²) in [6.45, 7) is 5.38. The molecule has 1 aliphatic rings. The number of thiocarbonyl (C=S) groups is 1. The summed E-state index contributed by atoms with van der Waals surface area (Å²) in [4.78, 5) is 15.3. The summed E-state index contributed by atoms with van der Waals surface area (Å²) in [6.07, 6.45) is 0. The average molecular weight is 490 g/mol. The molecule has 184 valence electrons. The van der Waals surface area contributed by atoms with Gasteiger partial charge in [-0.2, -0.15) is 0 Å². The van der Waals surface area contributed by atoms with Gasteiger partial charge in [0.1, 0.15) is 5.82 Å². The van der Waals surface area contributed by atoms with Gasteiger partial charge in [0.15, 0.2) is 16.6 Å². The molecule has 3 rings (SSSR count). The lowest BCUT2D eigenvalue weighted by atomic mass is 9.87. The van der Waals surface area contributed by atoms with E-state index in [-0.39, 0.29) is 29.6 Å². The molecular formula is C25H32FN3O4S. The number of benzene rings is 2. The number of nitrogens with one attached hydrogen (secondary N) is 2. The molecule has 7 nitrogen and oxygen atoms in total. The van der Waals surface area contributed by atoms with Crippen molar-refractivity contribution in [3.8, 4) is 17.2 Å².